The molecule has 1 unspecified atom stereocenters. The van der Waals surface area contributed by atoms with Gasteiger partial charge in [-0.05, 0) is 34.9 Å². The van der Waals surface area contributed by atoms with Gasteiger partial charge in [0.25, 0.3) is 5.91 Å². The molecule has 144 valence electrons. The molecule has 3 aromatic rings. The van der Waals surface area contributed by atoms with E-state index in [1.165, 1.54) is 0 Å². The van der Waals surface area contributed by atoms with Crippen molar-refractivity contribution < 1.29 is 14.4 Å². The van der Waals surface area contributed by atoms with Gasteiger partial charge in [0.1, 0.15) is 0 Å². The number of rotatable bonds is 7. The van der Waals surface area contributed by atoms with Gasteiger partial charge >= 0.3 is 0 Å². The Morgan fingerprint density at radius 2 is 1.64 bits per heavy atom. The number of hydrogen-bond donors (Lipinski definition) is 2. The summed E-state index contributed by atoms with van der Waals surface area (Å²) in [6, 6.07) is 20.9. The van der Waals surface area contributed by atoms with Crippen LogP contribution in [0, 0.1) is 0 Å². The van der Waals surface area contributed by atoms with Crippen LogP contribution in [0.1, 0.15) is 18.1 Å². The van der Waals surface area contributed by atoms with Gasteiger partial charge in [-0.3, -0.25) is 14.4 Å². The lowest BCUT2D eigenvalue weighted by Crippen LogP contribution is -2.39. The molecule has 1 atom stereocenters. The van der Waals surface area contributed by atoms with E-state index in [0.717, 1.165) is 21.9 Å². The number of carbonyl (C=O) groups is 2. The van der Waals surface area contributed by atoms with Gasteiger partial charge in [0.2, 0.25) is 5.91 Å². The number of halogens is 1. The minimum atomic E-state index is -0.834. The largest absolute Gasteiger partial charge is 0.350 e. The number of nitrogens with one attached hydrogen (secondary N) is 2. The summed E-state index contributed by atoms with van der Waals surface area (Å²) in [6.45, 7) is 1.86. The van der Waals surface area contributed by atoms with Crippen molar-refractivity contribution in [2.75, 3.05) is 0 Å². The zero-order valence-corrected chi connectivity index (χ0v) is 16.2. The molecule has 0 aliphatic heterocycles. The molecular formula is C22H21ClN2O3. The van der Waals surface area contributed by atoms with Gasteiger partial charge in [0.15, 0.2) is 6.10 Å². The van der Waals surface area contributed by atoms with Crippen molar-refractivity contribution in [3.05, 3.63) is 82.9 Å². The van der Waals surface area contributed by atoms with E-state index < -0.39 is 6.10 Å². The van der Waals surface area contributed by atoms with E-state index in [2.05, 4.69) is 10.8 Å². The molecule has 0 bridgehead atoms. The first kappa shape index (κ1) is 19.9. The molecule has 2 amide bonds. The number of benzene rings is 3. The molecule has 0 fully saturated rings. The molecule has 0 aromatic heterocycles. The fourth-order valence-corrected chi connectivity index (χ4v) is 3.03. The van der Waals surface area contributed by atoms with E-state index in [9.17, 15) is 9.59 Å². The van der Waals surface area contributed by atoms with Crippen LogP contribution in [0.4, 0.5) is 0 Å². The van der Waals surface area contributed by atoms with Crippen molar-refractivity contribution in [3.63, 3.8) is 0 Å². The van der Waals surface area contributed by atoms with Crippen molar-refractivity contribution in [2.24, 2.45) is 0 Å². The first-order chi connectivity index (χ1) is 13.5. The number of hydroxylamine groups is 1. The summed E-state index contributed by atoms with van der Waals surface area (Å²) < 4.78 is 0. The zero-order chi connectivity index (χ0) is 19.9. The molecule has 0 aliphatic carbocycles. The number of amides is 2. The Labute approximate surface area is 168 Å². The van der Waals surface area contributed by atoms with Crippen molar-refractivity contribution >= 4 is 34.2 Å². The van der Waals surface area contributed by atoms with E-state index in [0.29, 0.717) is 5.02 Å². The Bertz CT molecular complexity index is 985. The molecule has 0 heterocycles. The highest BCUT2D eigenvalue weighted by molar-refractivity contribution is 6.31. The lowest BCUT2D eigenvalue weighted by molar-refractivity contribution is -0.146. The van der Waals surface area contributed by atoms with Gasteiger partial charge in [0.05, 0.1) is 6.42 Å². The normalized spacial score (nSPS) is 11.8. The summed E-state index contributed by atoms with van der Waals surface area (Å²) in [6.07, 6.45) is -0.672. The Morgan fingerprint density at radius 1 is 0.964 bits per heavy atom. The van der Waals surface area contributed by atoms with Crippen LogP contribution in [0.5, 0.6) is 0 Å². The standard InChI is InChI=1S/C22H21ClN2O3/c1-15(22(27)24-14-18-8-3-5-12-20(18)23)28-25-21(26)13-17-10-6-9-16-7-2-4-11-19(16)17/h2-12,15H,13-14H2,1H3,(H,24,27)(H,25,26). The quantitative estimate of drug-likeness (QED) is 0.597. The zero-order valence-electron chi connectivity index (χ0n) is 15.4. The highest BCUT2D eigenvalue weighted by Gasteiger charge is 2.16. The maximum Gasteiger partial charge on any atom is 0.251 e. The Kier molecular flexibility index (Phi) is 6.63. The number of fused-ring (bicyclic) bond motifs is 1. The molecule has 6 heteroatoms. The van der Waals surface area contributed by atoms with Gasteiger partial charge < -0.3 is 5.32 Å². The average molecular weight is 397 g/mol. The highest BCUT2D eigenvalue weighted by Crippen LogP contribution is 2.19. The number of carbonyl (C=O) groups excluding carboxylic acids is 2. The van der Waals surface area contributed by atoms with Crippen molar-refractivity contribution in [3.8, 4) is 0 Å². The molecule has 0 saturated heterocycles. The summed E-state index contributed by atoms with van der Waals surface area (Å²) in [5.74, 6) is -0.660. The third kappa shape index (κ3) is 5.09. The molecule has 0 radical (unpaired) electrons. The molecule has 0 aliphatic rings. The molecule has 0 saturated carbocycles. The van der Waals surface area contributed by atoms with Gasteiger partial charge in [-0.1, -0.05) is 72.3 Å². The molecule has 2 N–H and O–H groups in total. The fourth-order valence-electron chi connectivity index (χ4n) is 2.83. The summed E-state index contributed by atoms with van der Waals surface area (Å²) in [5, 5.41) is 5.41. The van der Waals surface area contributed by atoms with Crippen LogP contribution in [-0.4, -0.2) is 17.9 Å². The lowest BCUT2D eigenvalue weighted by atomic mass is 10.0. The van der Waals surface area contributed by atoms with Crippen molar-refractivity contribution in [1.29, 1.82) is 0 Å². The van der Waals surface area contributed by atoms with Crippen LogP contribution in [0.25, 0.3) is 10.8 Å². The number of hydrogen-bond acceptors (Lipinski definition) is 3. The predicted molar refractivity (Wildman–Crippen MR) is 110 cm³/mol. The topological polar surface area (TPSA) is 67.4 Å². The Balaban J connectivity index is 1.49. The smallest absolute Gasteiger partial charge is 0.251 e. The van der Waals surface area contributed by atoms with E-state index in [-0.39, 0.29) is 24.8 Å². The van der Waals surface area contributed by atoms with Gasteiger partial charge in [-0.25, -0.2) is 5.48 Å². The Hall–Kier alpha value is -2.89. The van der Waals surface area contributed by atoms with E-state index in [1.54, 1.807) is 13.0 Å². The highest BCUT2D eigenvalue weighted by atomic mass is 35.5. The monoisotopic (exact) mass is 396 g/mol. The molecule has 3 aromatic carbocycles. The van der Waals surface area contributed by atoms with Crippen molar-refractivity contribution in [1.82, 2.24) is 10.8 Å². The summed E-state index contributed by atoms with van der Waals surface area (Å²) >= 11 is 6.07. The molecule has 28 heavy (non-hydrogen) atoms. The fraction of sp³-hybridized carbons (Fsp3) is 0.182. The second-order valence-corrected chi connectivity index (χ2v) is 6.82. The van der Waals surface area contributed by atoms with Crippen LogP contribution in [0.3, 0.4) is 0 Å². The lowest BCUT2D eigenvalue weighted by Gasteiger charge is -2.14. The minimum Gasteiger partial charge on any atom is -0.350 e. The second-order valence-electron chi connectivity index (χ2n) is 6.41. The van der Waals surface area contributed by atoms with E-state index in [4.69, 9.17) is 16.4 Å². The second kappa shape index (κ2) is 9.35. The molecule has 5 nitrogen and oxygen atoms in total. The molecule has 3 rings (SSSR count). The summed E-state index contributed by atoms with van der Waals surface area (Å²) in [5.41, 5.74) is 4.07. The first-order valence-electron chi connectivity index (χ1n) is 8.97. The Morgan fingerprint density at radius 3 is 2.46 bits per heavy atom. The third-order valence-electron chi connectivity index (χ3n) is 4.36. The van der Waals surface area contributed by atoms with Crippen molar-refractivity contribution in [2.45, 2.75) is 26.0 Å². The summed E-state index contributed by atoms with van der Waals surface area (Å²) in [7, 11) is 0. The maximum atomic E-state index is 12.2. The van der Waals surface area contributed by atoms with Gasteiger partial charge in [0, 0.05) is 11.6 Å². The van der Waals surface area contributed by atoms with Gasteiger partial charge in [-0.15, -0.1) is 0 Å². The van der Waals surface area contributed by atoms with Gasteiger partial charge in [-0.2, -0.15) is 0 Å². The predicted octanol–water partition coefficient (Wildman–Crippen LogP) is 3.79. The van der Waals surface area contributed by atoms with Crippen LogP contribution in [0.2, 0.25) is 5.02 Å². The SMILES string of the molecule is CC(ONC(=O)Cc1cccc2ccccc12)C(=O)NCc1ccccc1Cl. The van der Waals surface area contributed by atoms with Crippen LogP contribution in [-0.2, 0) is 27.4 Å². The molecule has 0 spiro atoms. The van der Waals surface area contributed by atoms with E-state index >= 15 is 0 Å². The van der Waals surface area contributed by atoms with Crippen LogP contribution < -0.4 is 10.8 Å². The maximum absolute atomic E-state index is 12.2. The average Bonchev–Trinajstić information content (AvgIpc) is 2.71. The first-order valence-corrected chi connectivity index (χ1v) is 9.34. The summed E-state index contributed by atoms with van der Waals surface area (Å²) in [4.78, 5) is 29.6. The van der Waals surface area contributed by atoms with Crippen LogP contribution >= 0.6 is 11.6 Å². The molecular weight excluding hydrogens is 376 g/mol. The van der Waals surface area contributed by atoms with E-state index in [1.807, 2.05) is 60.7 Å². The van der Waals surface area contributed by atoms with Crippen LogP contribution in [0.15, 0.2) is 66.7 Å². The minimum absolute atomic E-state index is 0.162. The third-order valence-corrected chi connectivity index (χ3v) is 4.73.